The minimum atomic E-state index is -0.395. The first kappa shape index (κ1) is 9.43. The maximum absolute atomic E-state index is 5.51. The standard InChI is InChI=1S/C10H18O2/c1-8(2)7-10(9(3)4)11-5-6-12-10/h5-6,8-9H,7H2,1-4H3. The van der Waals surface area contributed by atoms with Gasteiger partial charge in [0.05, 0.1) is 0 Å². The van der Waals surface area contributed by atoms with Crippen LogP contribution in [-0.4, -0.2) is 5.79 Å². The molecule has 1 heterocycles. The second-order valence-corrected chi connectivity index (χ2v) is 4.07. The van der Waals surface area contributed by atoms with E-state index in [0.29, 0.717) is 11.8 Å². The molecule has 0 saturated heterocycles. The zero-order valence-corrected chi connectivity index (χ0v) is 8.33. The summed E-state index contributed by atoms with van der Waals surface area (Å²) in [6.45, 7) is 8.59. The van der Waals surface area contributed by atoms with Crippen LogP contribution in [0.4, 0.5) is 0 Å². The quantitative estimate of drug-likeness (QED) is 0.648. The lowest BCUT2D eigenvalue weighted by atomic mass is 9.93. The largest absolute Gasteiger partial charge is 0.456 e. The molecule has 1 aliphatic heterocycles. The van der Waals surface area contributed by atoms with Crippen LogP contribution in [0.2, 0.25) is 0 Å². The zero-order chi connectivity index (χ0) is 9.19. The van der Waals surface area contributed by atoms with E-state index in [9.17, 15) is 0 Å². The molecular formula is C10H18O2. The highest BCUT2D eigenvalue weighted by Gasteiger charge is 2.39. The predicted molar refractivity (Wildman–Crippen MR) is 48.3 cm³/mol. The molecule has 1 rings (SSSR count). The van der Waals surface area contributed by atoms with Crippen molar-refractivity contribution in [3.8, 4) is 0 Å². The fourth-order valence-electron chi connectivity index (χ4n) is 1.49. The Balaban J connectivity index is 2.61. The Morgan fingerprint density at radius 2 is 1.58 bits per heavy atom. The van der Waals surface area contributed by atoms with Gasteiger partial charge in [0.15, 0.2) is 0 Å². The Hall–Kier alpha value is -0.660. The summed E-state index contributed by atoms with van der Waals surface area (Å²) in [6, 6.07) is 0. The smallest absolute Gasteiger partial charge is 0.252 e. The molecular weight excluding hydrogens is 152 g/mol. The molecule has 0 amide bonds. The van der Waals surface area contributed by atoms with E-state index < -0.39 is 5.79 Å². The van der Waals surface area contributed by atoms with Gasteiger partial charge in [-0.3, -0.25) is 0 Å². The minimum Gasteiger partial charge on any atom is -0.456 e. The molecule has 2 heteroatoms. The van der Waals surface area contributed by atoms with E-state index in [1.165, 1.54) is 0 Å². The topological polar surface area (TPSA) is 18.5 Å². The lowest BCUT2D eigenvalue weighted by Gasteiger charge is -2.32. The molecule has 0 aromatic carbocycles. The maximum atomic E-state index is 5.51. The van der Waals surface area contributed by atoms with Crippen molar-refractivity contribution in [3.63, 3.8) is 0 Å². The van der Waals surface area contributed by atoms with Gasteiger partial charge in [0.25, 0.3) is 5.79 Å². The first-order chi connectivity index (χ1) is 5.57. The first-order valence-electron chi connectivity index (χ1n) is 4.57. The van der Waals surface area contributed by atoms with Crippen molar-refractivity contribution in [2.75, 3.05) is 0 Å². The SMILES string of the molecule is CC(C)CC1(C(C)C)OC=CO1. The summed E-state index contributed by atoms with van der Waals surface area (Å²) in [5.74, 6) is 0.580. The number of rotatable bonds is 3. The van der Waals surface area contributed by atoms with Crippen LogP contribution >= 0.6 is 0 Å². The molecule has 0 radical (unpaired) electrons. The normalized spacial score (nSPS) is 19.8. The number of ether oxygens (including phenoxy) is 2. The Labute approximate surface area is 74.6 Å². The van der Waals surface area contributed by atoms with E-state index in [0.717, 1.165) is 6.42 Å². The third-order valence-corrected chi connectivity index (χ3v) is 2.16. The second-order valence-electron chi connectivity index (χ2n) is 4.07. The fourth-order valence-corrected chi connectivity index (χ4v) is 1.49. The zero-order valence-electron chi connectivity index (χ0n) is 8.33. The summed E-state index contributed by atoms with van der Waals surface area (Å²) in [4.78, 5) is 0. The predicted octanol–water partition coefficient (Wildman–Crippen LogP) is 2.90. The Morgan fingerprint density at radius 3 is 1.92 bits per heavy atom. The highest BCUT2D eigenvalue weighted by molar-refractivity contribution is 4.86. The van der Waals surface area contributed by atoms with Crippen LogP contribution in [0.15, 0.2) is 12.5 Å². The minimum absolute atomic E-state index is 0.384. The Bertz CT molecular complexity index is 163. The van der Waals surface area contributed by atoms with Gasteiger partial charge in [-0.1, -0.05) is 27.7 Å². The fraction of sp³-hybridized carbons (Fsp3) is 0.800. The highest BCUT2D eigenvalue weighted by atomic mass is 16.7. The van der Waals surface area contributed by atoms with Crippen LogP contribution in [0, 0.1) is 11.8 Å². The number of hydrogen-bond donors (Lipinski definition) is 0. The Kier molecular flexibility index (Phi) is 2.65. The molecule has 70 valence electrons. The van der Waals surface area contributed by atoms with Gasteiger partial charge in [0.2, 0.25) is 0 Å². The summed E-state index contributed by atoms with van der Waals surface area (Å²) in [5, 5.41) is 0. The monoisotopic (exact) mass is 170 g/mol. The van der Waals surface area contributed by atoms with Crippen LogP contribution in [0.3, 0.4) is 0 Å². The molecule has 0 N–H and O–H groups in total. The average molecular weight is 170 g/mol. The van der Waals surface area contributed by atoms with Gasteiger partial charge in [0.1, 0.15) is 12.5 Å². The van der Waals surface area contributed by atoms with E-state index in [1.54, 1.807) is 12.5 Å². The lowest BCUT2D eigenvalue weighted by Crippen LogP contribution is -2.37. The van der Waals surface area contributed by atoms with E-state index >= 15 is 0 Å². The average Bonchev–Trinajstić information content (AvgIpc) is 2.35. The summed E-state index contributed by atoms with van der Waals surface area (Å²) >= 11 is 0. The van der Waals surface area contributed by atoms with Crippen LogP contribution in [0.1, 0.15) is 34.1 Å². The van der Waals surface area contributed by atoms with Crippen molar-refractivity contribution in [3.05, 3.63) is 12.5 Å². The van der Waals surface area contributed by atoms with Gasteiger partial charge >= 0.3 is 0 Å². The van der Waals surface area contributed by atoms with Gasteiger partial charge < -0.3 is 9.47 Å². The van der Waals surface area contributed by atoms with Gasteiger partial charge in [-0.25, -0.2) is 0 Å². The molecule has 2 nitrogen and oxygen atoms in total. The molecule has 0 atom stereocenters. The summed E-state index contributed by atoms with van der Waals surface area (Å²) in [7, 11) is 0. The van der Waals surface area contributed by atoms with Crippen LogP contribution < -0.4 is 0 Å². The molecule has 0 bridgehead atoms. The molecule has 0 saturated carbocycles. The van der Waals surface area contributed by atoms with Gasteiger partial charge in [-0.2, -0.15) is 0 Å². The summed E-state index contributed by atoms with van der Waals surface area (Å²) in [5.41, 5.74) is 0. The second kappa shape index (κ2) is 3.38. The van der Waals surface area contributed by atoms with Crippen molar-refractivity contribution in [2.24, 2.45) is 11.8 Å². The maximum Gasteiger partial charge on any atom is 0.252 e. The van der Waals surface area contributed by atoms with Crippen LogP contribution in [0.25, 0.3) is 0 Å². The van der Waals surface area contributed by atoms with E-state index in [4.69, 9.17) is 9.47 Å². The molecule has 0 aliphatic carbocycles. The molecule has 0 unspecified atom stereocenters. The molecule has 0 fully saturated rings. The Morgan fingerprint density at radius 1 is 1.08 bits per heavy atom. The third kappa shape index (κ3) is 1.74. The van der Waals surface area contributed by atoms with Crippen molar-refractivity contribution >= 4 is 0 Å². The highest BCUT2D eigenvalue weighted by Crippen LogP contribution is 2.34. The van der Waals surface area contributed by atoms with Gasteiger partial charge in [0, 0.05) is 12.3 Å². The molecule has 0 spiro atoms. The summed E-state index contributed by atoms with van der Waals surface area (Å²) < 4.78 is 11.0. The van der Waals surface area contributed by atoms with Gasteiger partial charge in [-0.15, -0.1) is 0 Å². The summed E-state index contributed by atoms with van der Waals surface area (Å²) in [6.07, 6.45) is 4.22. The molecule has 12 heavy (non-hydrogen) atoms. The molecule has 0 aromatic rings. The van der Waals surface area contributed by atoms with E-state index in [1.807, 2.05) is 0 Å². The first-order valence-corrected chi connectivity index (χ1v) is 4.57. The van der Waals surface area contributed by atoms with Crippen LogP contribution in [-0.2, 0) is 9.47 Å². The molecule has 0 aromatic heterocycles. The van der Waals surface area contributed by atoms with Crippen molar-refractivity contribution in [1.82, 2.24) is 0 Å². The van der Waals surface area contributed by atoms with E-state index in [2.05, 4.69) is 27.7 Å². The van der Waals surface area contributed by atoms with E-state index in [-0.39, 0.29) is 0 Å². The van der Waals surface area contributed by atoms with Crippen molar-refractivity contribution in [1.29, 1.82) is 0 Å². The number of hydrogen-bond acceptors (Lipinski definition) is 2. The third-order valence-electron chi connectivity index (χ3n) is 2.16. The van der Waals surface area contributed by atoms with Crippen molar-refractivity contribution < 1.29 is 9.47 Å². The van der Waals surface area contributed by atoms with Gasteiger partial charge in [-0.05, 0) is 5.92 Å². The van der Waals surface area contributed by atoms with Crippen LogP contribution in [0.5, 0.6) is 0 Å². The lowest BCUT2D eigenvalue weighted by molar-refractivity contribution is -0.183. The molecule has 1 aliphatic rings. The van der Waals surface area contributed by atoms with Crippen molar-refractivity contribution in [2.45, 2.75) is 39.9 Å².